The Bertz CT molecular complexity index is 316. The number of carboxylic acid groups (broad SMARTS) is 1. The van der Waals surface area contributed by atoms with Crippen molar-refractivity contribution in [1.82, 2.24) is 5.32 Å². The van der Waals surface area contributed by atoms with Gasteiger partial charge in [-0.2, -0.15) is 0 Å². The highest BCUT2D eigenvalue weighted by Gasteiger charge is 2.40. The summed E-state index contributed by atoms with van der Waals surface area (Å²) in [5.41, 5.74) is 0. The summed E-state index contributed by atoms with van der Waals surface area (Å²) in [6, 6.07) is 0. The SMILES string of the molecule is C=C(Cl)CNC(=O)[C@H]1CC(C)C[C@H]1C(=O)O. The Labute approximate surface area is 99.7 Å². The molecule has 3 atom stereocenters. The maximum Gasteiger partial charge on any atom is 0.307 e. The van der Waals surface area contributed by atoms with Gasteiger partial charge in [-0.25, -0.2) is 0 Å². The summed E-state index contributed by atoms with van der Waals surface area (Å²) in [6.07, 6.45) is 1.19. The maximum atomic E-state index is 11.7. The van der Waals surface area contributed by atoms with Gasteiger partial charge in [-0.3, -0.25) is 9.59 Å². The van der Waals surface area contributed by atoms with Crippen molar-refractivity contribution in [2.24, 2.45) is 17.8 Å². The van der Waals surface area contributed by atoms with Crippen LogP contribution in [0, 0.1) is 17.8 Å². The molecule has 0 aromatic heterocycles. The molecule has 0 aromatic carbocycles. The van der Waals surface area contributed by atoms with Crippen molar-refractivity contribution in [3.63, 3.8) is 0 Å². The van der Waals surface area contributed by atoms with Gasteiger partial charge >= 0.3 is 5.97 Å². The van der Waals surface area contributed by atoms with E-state index in [-0.39, 0.29) is 18.4 Å². The normalized spacial score (nSPS) is 28.8. The first-order valence-electron chi connectivity index (χ1n) is 5.25. The quantitative estimate of drug-likeness (QED) is 0.791. The Morgan fingerprint density at radius 1 is 1.44 bits per heavy atom. The van der Waals surface area contributed by atoms with Crippen LogP contribution in [0.2, 0.25) is 0 Å². The van der Waals surface area contributed by atoms with Crippen LogP contribution in [-0.2, 0) is 9.59 Å². The topological polar surface area (TPSA) is 66.4 Å². The molecular weight excluding hydrogens is 230 g/mol. The van der Waals surface area contributed by atoms with Crippen molar-refractivity contribution < 1.29 is 14.7 Å². The Morgan fingerprint density at radius 3 is 2.50 bits per heavy atom. The molecule has 1 fully saturated rings. The summed E-state index contributed by atoms with van der Waals surface area (Å²) in [7, 11) is 0. The van der Waals surface area contributed by atoms with Gasteiger partial charge in [0.2, 0.25) is 5.91 Å². The van der Waals surface area contributed by atoms with E-state index in [4.69, 9.17) is 16.7 Å². The fourth-order valence-electron chi connectivity index (χ4n) is 2.17. The number of carbonyl (C=O) groups excluding carboxylic acids is 1. The molecule has 0 aliphatic heterocycles. The van der Waals surface area contributed by atoms with E-state index in [1.807, 2.05) is 6.92 Å². The standard InChI is InChI=1S/C11H16ClNO3/c1-6-3-8(9(4-6)11(15)16)10(14)13-5-7(2)12/h6,8-9H,2-5H2,1H3,(H,13,14)(H,15,16)/t6?,8-,9+/m0/s1. The predicted molar refractivity (Wildman–Crippen MR) is 61.0 cm³/mol. The highest BCUT2D eigenvalue weighted by Crippen LogP contribution is 2.36. The summed E-state index contributed by atoms with van der Waals surface area (Å²) in [4.78, 5) is 22.7. The zero-order chi connectivity index (χ0) is 12.3. The fraction of sp³-hybridized carbons (Fsp3) is 0.636. The van der Waals surface area contributed by atoms with Gasteiger partial charge in [0.1, 0.15) is 0 Å². The van der Waals surface area contributed by atoms with Gasteiger partial charge in [0.15, 0.2) is 0 Å². The molecule has 1 aliphatic carbocycles. The van der Waals surface area contributed by atoms with Crippen LogP contribution in [-0.4, -0.2) is 23.5 Å². The van der Waals surface area contributed by atoms with Gasteiger partial charge in [0, 0.05) is 5.03 Å². The third-order valence-electron chi connectivity index (χ3n) is 2.91. The van der Waals surface area contributed by atoms with Gasteiger partial charge in [0.05, 0.1) is 18.4 Å². The Kier molecular flexibility index (Phi) is 4.35. The minimum atomic E-state index is -0.894. The molecule has 0 aromatic rings. The fourth-order valence-corrected chi connectivity index (χ4v) is 2.24. The monoisotopic (exact) mass is 245 g/mol. The molecule has 1 saturated carbocycles. The van der Waals surface area contributed by atoms with Crippen molar-refractivity contribution >= 4 is 23.5 Å². The first-order chi connectivity index (χ1) is 7.41. The number of aliphatic carboxylic acids is 1. The molecule has 1 unspecified atom stereocenters. The lowest BCUT2D eigenvalue weighted by Gasteiger charge is -2.15. The van der Waals surface area contributed by atoms with Gasteiger partial charge in [-0.15, -0.1) is 0 Å². The number of hydrogen-bond donors (Lipinski definition) is 2. The van der Waals surface area contributed by atoms with Crippen LogP contribution >= 0.6 is 11.6 Å². The van der Waals surface area contributed by atoms with Gasteiger partial charge in [0.25, 0.3) is 0 Å². The predicted octanol–water partition coefficient (Wildman–Crippen LogP) is 1.60. The molecule has 0 saturated heterocycles. The molecule has 1 aliphatic rings. The van der Waals surface area contributed by atoms with Crippen LogP contribution in [0.4, 0.5) is 0 Å². The van der Waals surface area contributed by atoms with Crippen LogP contribution in [0.5, 0.6) is 0 Å². The molecule has 5 heteroatoms. The number of carboxylic acids is 1. The smallest absolute Gasteiger partial charge is 0.307 e. The number of nitrogens with one attached hydrogen (secondary N) is 1. The van der Waals surface area contributed by atoms with E-state index in [0.29, 0.717) is 17.9 Å². The summed E-state index contributed by atoms with van der Waals surface area (Å²) < 4.78 is 0. The molecule has 0 heterocycles. The molecule has 2 N–H and O–H groups in total. The highest BCUT2D eigenvalue weighted by atomic mass is 35.5. The lowest BCUT2D eigenvalue weighted by atomic mass is 9.95. The zero-order valence-electron chi connectivity index (χ0n) is 9.20. The van der Waals surface area contributed by atoms with Crippen molar-refractivity contribution in [2.45, 2.75) is 19.8 Å². The van der Waals surface area contributed by atoms with Gasteiger partial charge in [-0.1, -0.05) is 25.1 Å². The number of hydrogen-bond acceptors (Lipinski definition) is 2. The van der Waals surface area contributed by atoms with Crippen molar-refractivity contribution in [1.29, 1.82) is 0 Å². The molecule has 4 nitrogen and oxygen atoms in total. The minimum Gasteiger partial charge on any atom is -0.481 e. The average Bonchev–Trinajstić information content (AvgIpc) is 2.56. The van der Waals surface area contributed by atoms with Crippen molar-refractivity contribution in [2.75, 3.05) is 6.54 Å². The third kappa shape index (κ3) is 3.23. The van der Waals surface area contributed by atoms with Crippen LogP contribution < -0.4 is 5.32 Å². The van der Waals surface area contributed by atoms with Crippen LogP contribution in [0.1, 0.15) is 19.8 Å². The Balaban J connectivity index is 2.59. The molecule has 1 amide bonds. The molecule has 1 rings (SSSR count). The molecule has 0 bridgehead atoms. The second-order valence-electron chi connectivity index (χ2n) is 4.36. The van der Waals surface area contributed by atoms with Crippen molar-refractivity contribution in [3.05, 3.63) is 11.6 Å². The van der Waals surface area contributed by atoms with E-state index in [9.17, 15) is 9.59 Å². The molecule has 90 valence electrons. The zero-order valence-corrected chi connectivity index (χ0v) is 9.96. The van der Waals surface area contributed by atoms with Crippen LogP contribution in [0.15, 0.2) is 11.6 Å². The summed E-state index contributed by atoms with van der Waals surface area (Å²) in [6.45, 7) is 5.61. The largest absolute Gasteiger partial charge is 0.481 e. The van der Waals surface area contributed by atoms with E-state index in [2.05, 4.69) is 11.9 Å². The second kappa shape index (κ2) is 5.34. The third-order valence-corrected chi connectivity index (χ3v) is 3.04. The summed E-state index contributed by atoms with van der Waals surface area (Å²) in [5, 5.41) is 11.9. The van der Waals surface area contributed by atoms with E-state index >= 15 is 0 Å². The van der Waals surface area contributed by atoms with E-state index in [1.54, 1.807) is 0 Å². The van der Waals surface area contributed by atoms with E-state index < -0.39 is 17.8 Å². The molecule has 0 spiro atoms. The molecule has 16 heavy (non-hydrogen) atoms. The van der Waals surface area contributed by atoms with Crippen LogP contribution in [0.25, 0.3) is 0 Å². The van der Waals surface area contributed by atoms with Gasteiger partial charge in [-0.05, 0) is 18.8 Å². The Hall–Kier alpha value is -1.03. The molecular formula is C11H16ClNO3. The Morgan fingerprint density at radius 2 is 2.00 bits per heavy atom. The summed E-state index contributed by atoms with van der Waals surface area (Å²) >= 11 is 5.53. The number of rotatable bonds is 4. The lowest BCUT2D eigenvalue weighted by Crippen LogP contribution is -2.35. The molecule has 0 radical (unpaired) electrons. The van der Waals surface area contributed by atoms with Crippen molar-refractivity contribution in [3.8, 4) is 0 Å². The number of carbonyl (C=O) groups is 2. The number of amides is 1. The first-order valence-corrected chi connectivity index (χ1v) is 5.63. The maximum absolute atomic E-state index is 11.7. The minimum absolute atomic E-state index is 0.192. The highest BCUT2D eigenvalue weighted by molar-refractivity contribution is 6.29. The average molecular weight is 246 g/mol. The second-order valence-corrected chi connectivity index (χ2v) is 4.90. The number of halogens is 1. The van der Waals surface area contributed by atoms with Gasteiger partial charge < -0.3 is 10.4 Å². The lowest BCUT2D eigenvalue weighted by molar-refractivity contribution is -0.146. The first kappa shape index (κ1) is 13.0. The van der Waals surface area contributed by atoms with Crippen LogP contribution in [0.3, 0.4) is 0 Å². The van der Waals surface area contributed by atoms with E-state index in [0.717, 1.165) is 0 Å². The van der Waals surface area contributed by atoms with E-state index in [1.165, 1.54) is 0 Å². The summed E-state index contributed by atoms with van der Waals surface area (Å²) in [5.74, 6) is -1.87.